The average Bonchev–Trinajstić information content (AvgIpc) is 3.23. The van der Waals surface area contributed by atoms with Crippen LogP contribution in [0.5, 0.6) is 0 Å². The third-order valence-corrected chi connectivity index (χ3v) is 4.33. The van der Waals surface area contributed by atoms with Crippen molar-refractivity contribution in [2.24, 2.45) is 11.1 Å². The molecule has 104 valence electrons. The number of carbonyl (C=O) groups is 1. The first kappa shape index (κ1) is 12.7. The number of aromatic nitrogens is 1. The summed E-state index contributed by atoms with van der Waals surface area (Å²) in [6, 6.07) is 1.50. The molecule has 1 aromatic rings. The summed E-state index contributed by atoms with van der Waals surface area (Å²) in [6.07, 6.45) is 5.52. The lowest BCUT2D eigenvalue weighted by atomic mass is 10.4. The molecule has 0 spiro atoms. The first-order valence-corrected chi connectivity index (χ1v) is 7.91. The molecule has 0 aliphatic heterocycles. The third kappa shape index (κ3) is 2.82. The summed E-state index contributed by atoms with van der Waals surface area (Å²) in [5.41, 5.74) is 0.284. The maximum atomic E-state index is 12.0. The molecule has 2 aliphatic carbocycles. The van der Waals surface area contributed by atoms with Crippen LogP contribution in [0.25, 0.3) is 0 Å². The van der Waals surface area contributed by atoms with Gasteiger partial charge in [0, 0.05) is 12.2 Å². The van der Waals surface area contributed by atoms with Gasteiger partial charge in [0.05, 0.1) is 6.61 Å². The molecule has 1 aromatic heterocycles. The summed E-state index contributed by atoms with van der Waals surface area (Å²) in [5, 5.41) is 5.10. The van der Waals surface area contributed by atoms with Gasteiger partial charge in [0.15, 0.2) is 0 Å². The van der Waals surface area contributed by atoms with Gasteiger partial charge in [-0.25, -0.2) is 18.4 Å². The number of hydrogen-bond acceptors (Lipinski definition) is 4. The number of ether oxygens (including phenoxy) is 1. The van der Waals surface area contributed by atoms with Crippen LogP contribution in [0.1, 0.15) is 42.2 Å². The van der Waals surface area contributed by atoms with E-state index in [0.29, 0.717) is 12.5 Å². The molecule has 0 atom stereocenters. The Morgan fingerprint density at radius 3 is 2.58 bits per heavy atom. The lowest BCUT2D eigenvalue weighted by Crippen LogP contribution is -2.12. The largest absolute Gasteiger partial charge is 0.461 e. The van der Waals surface area contributed by atoms with E-state index < -0.39 is 16.0 Å². The first-order chi connectivity index (χ1) is 8.95. The van der Waals surface area contributed by atoms with E-state index in [1.807, 2.05) is 0 Å². The SMILES string of the molecule is NS(=O)(=O)c1cc(C(=O)OCC2CC2)n(C2CC2)c1. The number of esters is 1. The zero-order chi connectivity index (χ0) is 13.6. The average molecular weight is 284 g/mol. The van der Waals surface area contributed by atoms with Gasteiger partial charge in [-0.3, -0.25) is 0 Å². The Bertz CT molecular complexity index is 612. The van der Waals surface area contributed by atoms with Crippen molar-refractivity contribution in [2.45, 2.75) is 36.6 Å². The van der Waals surface area contributed by atoms with E-state index in [9.17, 15) is 13.2 Å². The summed E-state index contributed by atoms with van der Waals surface area (Å²) in [6.45, 7) is 0.416. The van der Waals surface area contributed by atoms with Crippen LogP contribution in [0.4, 0.5) is 0 Å². The summed E-state index contributed by atoms with van der Waals surface area (Å²) < 4.78 is 29.6. The Balaban J connectivity index is 1.85. The Kier molecular flexibility index (Phi) is 2.90. The number of primary sulfonamides is 1. The fourth-order valence-corrected chi connectivity index (χ4v) is 2.52. The van der Waals surface area contributed by atoms with Gasteiger partial charge in [-0.15, -0.1) is 0 Å². The van der Waals surface area contributed by atoms with Crippen molar-refractivity contribution in [3.63, 3.8) is 0 Å². The standard InChI is InChI=1S/C12H16N2O4S/c13-19(16,17)10-5-11(14(6-10)9-3-4-9)12(15)18-7-8-1-2-8/h5-6,8-9H,1-4,7H2,(H2,13,16,17). The molecule has 19 heavy (non-hydrogen) atoms. The molecule has 2 fully saturated rings. The van der Waals surface area contributed by atoms with Crippen molar-refractivity contribution in [1.82, 2.24) is 4.57 Å². The van der Waals surface area contributed by atoms with Crippen LogP contribution in [0, 0.1) is 5.92 Å². The summed E-state index contributed by atoms with van der Waals surface area (Å²) in [5.74, 6) is 0.0136. The van der Waals surface area contributed by atoms with Crippen LogP contribution in [0.2, 0.25) is 0 Å². The van der Waals surface area contributed by atoms with Crippen molar-refractivity contribution in [3.8, 4) is 0 Å². The van der Waals surface area contributed by atoms with Crippen LogP contribution in [0.3, 0.4) is 0 Å². The second kappa shape index (κ2) is 4.35. The molecule has 0 aromatic carbocycles. The van der Waals surface area contributed by atoms with Crippen LogP contribution >= 0.6 is 0 Å². The van der Waals surface area contributed by atoms with Gasteiger partial charge >= 0.3 is 5.97 Å². The minimum atomic E-state index is -3.79. The number of carbonyl (C=O) groups excluding carboxylic acids is 1. The van der Waals surface area contributed by atoms with Gasteiger partial charge in [0.1, 0.15) is 10.6 Å². The topological polar surface area (TPSA) is 91.4 Å². The molecule has 7 heteroatoms. The Hall–Kier alpha value is -1.34. The lowest BCUT2D eigenvalue weighted by molar-refractivity contribution is 0.0473. The Morgan fingerprint density at radius 1 is 1.37 bits per heavy atom. The maximum absolute atomic E-state index is 12.0. The molecule has 2 saturated carbocycles. The fourth-order valence-electron chi connectivity index (χ4n) is 1.98. The summed E-state index contributed by atoms with van der Waals surface area (Å²) >= 11 is 0. The highest BCUT2D eigenvalue weighted by Gasteiger charge is 2.31. The molecule has 0 saturated heterocycles. The Morgan fingerprint density at radius 2 is 2.05 bits per heavy atom. The van der Waals surface area contributed by atoms with Crippen molar-refractivity contribution in [1.29, 1.82) is 0 Å². The highest BCUT2D eigenvalue weighted by atomic mass is 32.2. The molecule has 2 aliphatic rings. The van der Waals surface area contributed by atoms with Gasteiger partial charge in [-0.2, -0.15) is 0 Å². The van der Waals surface area contributed by atoms with Crippen molar-refractivity contribution < 1.29 is 17.9 Å². The number of nitrogens with zero attached hydrogens (tertiary/aromatic N) is 1. The second-order valence-corrected chi connectivity index (χ2v) is 6.85. The van der Waals surface area contributed by atoms with E-state index in [2.05, 4.69) is 0 Å². The van der Waals surface area contributed by atoms with Crippen LogP contribution in [0.15, 0.2) is 17.2 Å². The van der Waals surface area contributed by atoms with E-state index in [1.165, 1.54) is 12.3 Å². The molecule has 2 N–H and O–H groups in total. The summed E-state index contributed by atoms with van der Waals surface area (Å²) in [7, 11) is -3.79. The molecule has 0 radical (unpaired) electrons. The van der Waals surface area contributed by atoms with Gasteiger partial charge in [0.25, 0.3) is 0 Å². The zero-order valence-corrected chi connectivity index (χ0v) is 11.2. The van der Waals surface area contributed by atoms with Crippen molar-refractivity contribution in [3.05, 3.63) is 18.0 Å². The minimum absolute atomic E-state index is 0.0298. The summed E-state index contributed by atoms with van der Waals surface area (Å²) in [4.78, 5) is 12.0. The zero-order valence-electron chi connectivity index (χ0n) is 10.4. The van der Waals surface area contributed by atoms with E-state index >= 15 is 0 Å². The lowest BCUT2D eigenvalue weighted by Gasteiger charge is -2.07. The van der Waals surface area contributed by atoms with E-state index in [-0.39, 0.29) is 16.6 Å². The van der Waals surface area contributed by atoms with E-state index in [1.54, 1.807) is 4.57 Å². The molecule has 6 nitrogen and oxygen atoms in total. The Labute approximate surface area is 111 Å². The smallest absolute Gasteiger partial charge is 0.355 e. The first-order valence-electron chi connectivity index (χ1n) is 6.37. The van der Waals surface area contributed by atoms with E-state index in [0.717, 1.165) is 25.7 Å². The molecular formula is C12H16N2O4S. The number of nitrogens with two attached hydrogens (primary N) is 1. The second-order valence-electron chi connectivity index (χ2n) is 5.29. The molecule has 0 bridgehead atoms. The molecule has 0 amide bonds. The predicted molar refractivity (Wildman–Crippen MR) is 67.1 cm³/mol. The fraction of sp³-hybridized carbons (Fsp3) is 0.583. The highest BCUT2D eigenvalue weighted by molar-refractivity contribution is 7.89. The molecular weight excluding hydrogens is 268 g/mol. The monoisotopic (exact) mass is 284 g/mol. The van der Waals surface area contributed by atoms with Gasteiger partial charge in [-0.05, 0) is 37.7 Å². The van der Waals surface area contributed by atoms with Crippen LogP contribution < -0.4 is 5.14 Å². The number of hydrogen-bond donors (Lipinski definition) is 1. The normalized spacial score (nSPS) is 19.4. The number of sulfonamides is 1. The predicted octanol–water partition coefficient (Wildman–Crippen LogP) is 1.04. The molecule has 1 heterocycles. The van der Waals surface area contributed by atoms with Crippen LogP contribution in [-0.2, 0) is 14.8 Å². The van der Waals surface area contributed by atoms with Crippen LogP contribution in [-0.4, -0.2) is 25.6 Å². The van der Waals surface area contributed by atoms with Crippen molar-refractivity contribution >= 4 is 16.0 Å². The van der Waals surface area contributed by atoms with Gasteiger partial charge in [-0.1, -0.05) is 0 Å². The maximum Gasteiger partial charge on any atom is 0.355 e. The number of rotatable bonds is 5. The highest BCUT2D eigenvalue weighted by Crippen LogP contribution is 2.37. The minimum Gasteiger partial charge on any atom is -0.461 e. The van der Waals surface area contributed by atoms with Crippen molar-refractivity contribution in [2.75, 3.05) is 6.61 Å². The van der Waals surface area contributed by atoms with Gasteiger partial charge in [0.2, 0.25) is 10.0 Å². The quantitative estimate of drug-likeness (QED) is 0.818. The van der Waals surface area contributed by atoms with E-state index in [4.69, 9.17) is 9.88 Å². The van der Waals surface area contributed by atoms with Gasteiger partial charge < -0.3 is 9.30 Å². The molecule has 3 rings (SSSR count). The molecule has 0 unspecified atom stereocenters. The third-order valence-electron chi connectivity index (χ3n) is 3.45.